The fourth-order valence-electron chi connectivity index (χ4n) is 2.55. The fourth-order valence-corrected chi connectivity index (χ4v) is 4.05. The number of benzene rings is 1. The van der Waals surface area contributed by atoms with Crippen LogP contribution in [-0.2, 0) is 22.9 Å². The monoisotopic (exact) mass is 322 g/mol. The fraction of sp³-hybridized carbons (Fsp3) is 0.267. The van der Waals surface area contributed by atoms with Crippen LogP contribution >= 0.6 is 11.6 Å². The Bertz CT molecular complexity index is 718. The van der Waals surface area contributed by atoms with Crippen molar-refractivity contribution in [2.24, 2.45) is 0 Å². The minimum atomic E-state index is -3.51. The van der Waals surface area contributed by atoms with Crippen molar-refractivity contribution in [1.82, 2.24) is 9.29 Å². The maximum absolute atomic E-state index is 12.6. The lowest BCUT2D eigenvalue weighted by molar-refractivity contribution is 0.426. The van der Waals surface area contributed by atoms with E-state index in [9.17, 15) is 8.42 Å². The van der Waals surface area contributed by atoms with E-state index in [0.29, 0.717) is 13.1 Å². The zero-order valence-corrected chi connectivity index (χ0v) is 12.9. The number of rotatable bonds is 2. The lowest BCUT2D eigenvalue weighted by Gasteiger charge is -2.19. The third kappa shape index (κ3) is 2.95. The van der Waals surface area contributed by atoms with Gasteiger partial charge in [0.25, 0.3) is 0 Å². The van der Waals surface area contributed by atoms with Gasteiger partial charge in [0.15, 0.2) is 0 Å². The first-order chi connectivity index (χ1) is 10.1. The number of sulfonamides is 1. The van der Waals surface area contributed by atoms with Crippen molar-refractivity contribution in [3.05, 3.63) is 58.9 Å². The normalized spacial score (nSPS) is 16.2. The van der Waals surface area contributed by atoms with Crippen LogP contribution in [0.2, 0.25) is 5.15 Å². The van der Waals surface area contributed by atoms with Crippen LogP contribution in [0.25, 0.3) is 0 Å². The molecule has 6 heteroatoms. The van der Waals surface area contributed by atoms with Gasteiger partial charge in [-0.05, 0) is 36.1 Å². The van der Waals surface area contributed by atoms with Gasteiger partial charge in [-0.15, -0.1) is 0 Å². The predicted octanol–water partition coefficient (Wildman–Crippen LogP) is 2.52. The summed E-state index contributed by atoms with van der Waals surface area (Å²) in [6, 6.07) is 11.1. The number of nitrogens with zero attached hydrogens (tertiary/aromatic N) is 2. The highest BCUT2D eigenvalue weighted by molar-refractivity contribution is 7.89. The van der Waals surface area contributed by atoms with Crippen LogP contribution in [0.15, 0.2) is 47.5 Å². The van der Waals surface area contributed by atoms with Gasteiger partial charge in [-0.25, -0.2) is 13.4 Å². The summed E-state index contributed by atoms with van der Waals surface area (Å²) in [5, 5.41) is 0.289. The van der Waals surface area contributed by atoms with E-state index < -0.39 is 10.0 Å². The lowest BCUT2D eigenvalue weighted by atomic mass is 10.0. The molecule has 0 amide bonds. The maximum atomic E-state index is 12.6. The summed E-state index contributed by atoms with van der Waals surface area (Å²) in [6.07, 6.45) is 2.78. The standard InChI is InChI=1S/C15H15ClN2O2S/c16-15-6-5-14(11-17-15)21(19,20)18-9-7-12-3-1-2-4-13(12)8-10-18/h1-6,11H,7-10H2. The molecule has 21 heavy (non-hydrogen) atoms. The van der Waals surface area contributed by atoms with Gasteiger partial charge in [0.05, 0.1) is 0 Å². The van der Waals surface area contributed by atoms with E-state index in [-0.39, 0.29) is 10.0 Å². The molecule has 0 bridgehead atoms. The van der Waals surface area contributed by atoms with Crippen LogP contribution in [0.1, 0.15) is 11.1 Å². The third-order valence-corrected chi connectivity index (χ3v) is 5.82. The number of hydrogen-bond donors (Lipinski definition) is 0. The highest BCUT2D eigenvalue weighted by atomic mass is 35.5. The van der Waals surface area contributed by atoms with Gasteiger partial charge in [0, 0.05) is 19.3 Å². The van der Waals surface area contributed by atoms with E-state index in [1.54, 1.807) is 0 Å². The van der Waals surface area contributed by atoms with Crippen LogP contribution in [0.3, 0.4) is 0 Å². The van der Waals surface area contributed by atoms with Gasteiger partial charge in [-0.1, -0.05) is 35.9 Å². The van der Waals surface area contributed by atoms with Crippen LogP contribution in [0.4, 0.5) is 0 Å². The molecule has 1 aromatic carbocycles. The van der Waals surface area contributed by atoms with E-state index in [1.165, 1.54) is 33.8 Å². The minimum absolute atomic E-state index is 0.192. The smallest absolute Gasteiger partial charge is 0.243 e. The van der Waals surface area contributed by atoms with Crippen molar-refractivity contribution >= 4 is 21.6 Å². The molecule has 2 aromatic rings. The zero-order valence-electron chi connectivity index (χ0n) is 11.4. The van der Waals surface area contributed by atoms with Gasteiger partial charge in [-0.2, -0.15) is 4.31 Å². The largest absolute Gasteiger partial charge is 0.244 e. The molecule has 110 valence electrons. The first-order valence-electron chi connectivity index (χ1n) is 6.76. The van der Waals surface area contributed by atoms with Crippen LogP contribution < -0.4 is 0 Å². The Morgan fingerprint density at radius 3 is 2.14 bits per heavy atom. The molecule has 1 aromatic heterocycles. The van der Waals surface area contributed by atoms with Gasteiger partial charge < -0.3 is 0 Å². The minimum Gasteiger partial charge on any atom is -0.243 e. The molecule has 3 rings (SSSR count). The molecule has 1 aliphatic rings. The Labute approximate surface area is 129 Å². The first-order valence-corrected chi connectivity index (χ1v) is 8.58. The second-order valence-corrected chi connectivity index (χ2v) is 7.31. The summed E-state index contributed by atoms with van der Waals surface area (Å²) in [4.78, 5) is 4.06. The molecule has 0 spiro atoms. The summed E-state index contributed by atoms with van der Waals surface area (Å²) in [6.45, 7) is 0.976. The second-order valence-electron chi connectivity index (χ2n) is 4.99. The summed E-state index contributed by atoms with van der Waals surface area (Å²) >= 11 is 5.71. The molecule has 0 saturated heterocycles. The summed E-state index contributed by atoms with van der Waals surface area (Å²) in [7, 11) is -3.51. The lowest BCUT2D eigenvalue weighted by Crippen LogP contribution is -2.33. The molecule has 0 N–H and O–H groups in total. The number of fused-ring (bicyclic) bond motifs is 1. The molecular weight excluding hydrogens is 308 g/mol. The molecule has 1 aliphatic heterocycles. The van der Waals surface area contributed by atoms with Crippen molar-refractivity contribution in [2.75, 3.05) is 13.1 Å². The van der Waals surface area contributed by atoms with Gasteiger partial charge >= 0.3 is 0 Å². The third-order valence-electron chi connectivity index (χ3n) is 3.72. The molecule has 0 aliphatic carbocycles. The van der Waals surface area contributed by atoms with Gasteiger partial charge in [0.1, 0.15) is 10.0 Å². The molecule has 0 unspecified atom stereocenters. The summed E-state index contributed by atoms with van der Waals surface area (Å²) in [5.41, 5.74) is 2.45. The van der Waals surface area contributed by atoms with Crippen molar-refractivity contribution in [3.8, 4) is 0 Å². The second kappa shape index (κ2) is 5.75. The SMILES string of the molecule is O=S(=O)(c1ccc(Cl)nc1)N1CCc2ccccc2CC1. The molecule has 0 fully saturated rings. The van der Waals surface area contributed by atoms with Crippen LogP contribution in [0.5, 0.6) is 0 Å². The zero-order chi connectivity index (χ0) is 14.9. The number of hydrogen-bond acceptors (Lipinski definition) is 3. The molecule has 2 heterocycles. The van der Waals surface area contributed by atoms with Crippen molar-refractivity contribution < 1.29 is 8.42 Å². The number of pyridine rings is 1. The maximum Gasteiger partial charge on any atom is 0.244 e. The Kier molecular flexibility index (Phi) is 3.97. The molecule has 0 radical (unpaired) electrons. The molecule has 4 nitrogen and oxygen atoms in total. The number of halogens is 1. The van der Waals surface area contributed by atoms with Crippen molar-refractivity contribution in [1.29, 1.82) is 0 Å². The predicted molar refractivity (Wildman–Crippen MR) is 81.9 cm³/mol. The average Bonchev–Trinajstić information content (AvgIpc) is 2.70. The topological polar surface area (TPSA) is 50.3 Å². The molecular formula is C15H15ClN2O2S. The Balaban J connectivity index is 1.86. The van der Waals surface area contributed by atoms with E-state index in [2.05, 4.69) is 17.1 Å². The van der Waals surface area contributed by atoms with E-state index in [4.69, 9.17) is 11.6 Å². The summed E-state index contributed by atoms with van der Waals surface area (Å²) in [5.74, 6) is 0. The van der Waals surface area contributed by atoms with Gasteiger partial charge in [0.2, 0.25) is 10.0 Å². The van der Waals surface area contributed by atoms with Crippen molar-refractivity contribution in [2.45, 2.75) is 17.7 Å². The Morgan fingerprint density at radius 1 is 1.00 bits per heavy atom. The molecule has 0 saturated carbocycles. The average molecular weight is 323 g/mol. The van der Waals surface area contributed by atoms with Crippen LogP contribution in [0, 0.1) is 0 Å². The van der Waals surface area contributed by atoms with Crippen LogP contribution in [-0.4, -0.2) is 30.8 Å². The Hall–Kier alpha value is -1.43. The van der Waals surface area contributed by atoms with E-state index >= 15 is 0 Å². The highest BCUT2D eigenvalue weighted by Crippen LogP contribution is 2.21. The van der Waals surface area contributed by atoms with E-state index in [1.807, 2.05) is 12.1 Å². The highest BCUT2D eigenvalue weighted by Gasteiger charge is 2.26. The first kappa shape index (κ1) is 14.5. The van der Waals surface area contributed by atoms with Gasteiger partial charge in [-0.3, -0.25) is 0 Å². The van der Waals surface area contributed by atoms with Crippen molar-refractivity contribution in [3.63, 3.8) is 0 Å². The quantitative estimate of drug-likeness (QED) is 0.798. The molecule has 0 atom stereocenters. The summed E-state index contributed by atoms with van der Waals surface area (Å²) < 4.78 is 26.8. The van der Waals surface area contributed by atoms with E-state index in [0.717, 1.165) is 12.8 Å². The number of aromatic nitrogens is 1. The Morgan fingerprint density at radius 2 is 1.62 bits per heavy atom.